The maximum Gasteiger partial charge on any atom is 0.270 e. The first-order valence-corrected chi connectivity index (χ1v) is 13.7. The predicted octanol–water partition coefficient (Wildman–Crippen LogP) is 5.12. The van der Waals surface area contributed by atoms with Crippen LogP contribution in [0.2, 0.25) is 0 Å². The highest BCUT2D eigenvalue weighted by atomic mass is 16.2. The van der Waals surface area contributed by atoms with Crippen LogP contribution in [-0.4, -0.2) is 53.2 Å². The molecular weight excluding hydrogens is 502 g/mol. The van der Waals surface area contributed by atoms with Crippen LogP contribution in [0.25, 0.3) is 28.0 Å². The van der Waals surface area contributed by atoms with Crippen LogP contribution in [0.1, 0.15) is 65.1 Å². The number of carbonyl (C=O) groups excluding carboxylic acids is 2. The van der Waals surface area contributed by atoms with E-state index in [1.165, 1.54) is 6.92 Å². The Balaban J connectivity index is 1.26. The van der Waals surface area contributed by atoms with Gasteiger partial charge in [0.15, 0.2) is 11.4 Å². The van der Waals surface area contributed by atoms with Crippen LogP contribution in [0.5, 0.6) is 0 Å². The highest BCUT2D eigenvalue weighted by molar-refractivity contribution is 6.00. The van der Waals surface area contributed by atoms with Gasteiger partial charge in [0, 0.05) is 47.1 Å². The Morgan fingerprint density at radius 1 is 0.950 bits per heavy atom. The molecule has 0 saturated carbocycles. The van der Waals surface area contributed by atoms with E-state index >= 15 is 0 Å². The Kier molecular flexibility index (Phi) is 5.73. The van der Waals surface area contributed by atoms with Gasteiger partial charge in [0.2, 0.25) is 0 Å². The number of H-pyrrole nitrogens is 1. The maximum atomic E-state index is 13.2. The van der Waals surface area contributed by atoms with Gasteiger partial charge in [-0.05, 0) is 50.8 Å². The summed E-state index contributed by atoms with van der Waals surface area (Å²) in [5.41, 5.74) is 12.5. The van der Waals surface area contributed by atoms with E-state index in [0.29, 0.717) is 28.4 Å². The number of nitrogens with zero attached hydrogens (tertiary/aromatic N) is 5. The summed E-state index contributed by atoms with van der Waals surface area (Å²) in [6.45, 7) is 1.53. The van der Waals surface area contributed by atoms with Crippen molar-refractivity contribution in [2.24, 2.45) is 0 Å². The van der Waals surface area contributed by atoms with Gasteiger partial charge in [-0.2, -0.15) is 9.61 Å². The number of carbonyl (C=O) groups is 2. The minimum atomic E-state index is -0.134. The van der Waals surface area contributed by atoms with Crippen molar-refractivity contribution in [2.75, 3.05) is 5.73 Å². The number of benzene rings is 1. The number of nitrogens with one attached hydrogen (secondary N) is 1. The first kappa shape index (κ1) is 24.3. The molecule has 3 atom stereocenters. The standard InChI is InChI=1S/C31H29N7O2/c1-18(39)27-28(21-14-22-10-11-23(15-21)37(22)31(40)26-8-5-13-33-26)36-30-24(17-35-38(30)29(27)32)20-9-12-25(34-16-20)19-6-3-2-4-7-19/h2-9,12-13,16-17,21-23,33H,10-11,14-15,32H2,1H3/t21-,22+,23-. The fraction of sp³-hybridized carbons (Fsp3) is 0.258. The molecule has 9 nitrogen and oxygen atoms in total. The fourth-order valence-electron chi connectivity index (χ4n) is 6.56. The lowest BCUT2D eigenvalue weighted by molar-refractivity contribution is 0.0563. The van der Waals surface area contributed by atoms with Crippen molar-refractivity contribution in [3.8, 4) is 22.4 Å². The highest BCUT2D eigenvalue weighted by Crippen LogP contribution is 2.45. The molecule has 4 aromatic heterocycles. The smallest absolute Gasteiger partial charge is 0.270 e. The molecule has 0 unspecified atom stereocenters. The number of ketones is 1. The van der Waals surface area contributed by atoms with Crippen LogP contribution in [0.4, 0.5) is 5.82 Å². The second-order valence-corrected chi connectivity index (χ2v) is 10.8. The molecule has 1 aromatic carbocycles. The molecule has 2 saturated heterocycles. The van der Waals surface area contributed by atoms with Gasteiger partial charge >= 0.3 is 0 Å². The zero-order chi connectivity index (χ0) is 27.4. The third-order valence-electron chi connectivity index (χ3n) is 8.39. The lowest BCUT2D eigenvalue weighted by Gasteiger charge is -2.39. The first-order valence-electron chi connectivity index (χ1n) is 13.7. The summed E-state index contributed by atoms with van der Waals surface area (Å²) in [5, 5.41) is 4.50. The first-order chi connectivity index (χ1) is 19.5. The van der Waals surface area contributed by atoms with Crippen LogP contribution < -0.4 is 5.73 Å². The summed E-state index contributed by atoms with van der Waals surface area (Å²) >= 11 is 0. The van der Waals surface area contributed by atoms with Gasteiger partial charge in [0.1, 0.15) is 11.5 Å². The van der Waals surface area contributed by atoms with Gasteiger partial charge in [-0.1, -0.05) is 36.4 Å². The molecule has 3 N–H and O–H groups in total. The van der Waals surface area contributed by atoms with Crippen molar-refractivity contribution in [2.45, 2.75) is 50.6 Å². The second kappa shape index (κ2) is 9.44. The Bertz CT molecular complexity index is 1710. The normalized spacial score (nSPS) is 20.2. The van der Waals surface area contributed by atoms with Crippen LogP contribution in [0, 0.1) is 0 Å². The molecule has 2 fully saturated rings. The van der Waals surface area contributed by atoms with E-state index in [1.807, 2.05) is 65.7 Å². The molecule has 9 heteroatoms. The third kappa shape index (κ3) is 3.88. The van der Waals surface area contributed by atoms with E-state index < -0.39 is 0 Å². The van der Waals surface area contributed by atoms with E-state index in [4.69, 9.17) is 10.7 Å². The van der Waals surface area contributed by atoms with Gasteiger partial charge in [0.25, 0.3) is 5.91 Å². The van der Waals surface area contributed by atoms with Crippen LogP contribution in [0.3, 0.4) is 0 Å². The largest absolute Gasteiger partial charge is 0.383 e. The summed E-state index contributed by atoms with van der Waals surface area (Å²) in [6, 6.07) is 17.9. The molecular formula is C31H29N7O2. The zero-order valence-electron chi connectivity index (χ0n) is 22.1. The number of fused-ring (bicyclic) bond motifs is 3. The molecule has 40 heavy (non-hydrogen) atoms. The highest BCUT2D eigenvalue weighted by Gasteiger charge is 2.45. The Morgan fingerprint density at radius 2 is 1.73 bits per heavy atom. The SMILES string of the molecule is CC(=O)c1c([C@H]2C[C@H]3CC[C@@H](C2)N3C(=O)c2ccc[nH]2)nc2c(-c3ccc(-c4ccccc4)nc3)cnn2c1N. The second-order valence-electron chi connectivity index (χ2n) is 10.8. The van der Waals surface area contributed by atoms with Gasteiger partial charge in [-0.25, -0.2) is 4.98 Å². The van der Waals surface area contributed by atoms with Crippen LogP contribution in [0.15, 0.2) is 73.2 Å². The molecule has 0 radical (unpaired) electrons. The molecule has 2 aliphatic rings. The number of rotatable bonds is 5. The number of Topliss-reactive ketones (excluding diaryl/α,β-unsaturated/α-hetero) is 1. The van der Waals surface area contributed by atoms with Crippen molar-refractivity contribution in [3.05, 3.63) is 90.1 Å². The lowest BCUT2D eigenvalue weighted by atomic mass is 9.85. The van der Waals surface area contributed by atoms with E-state index in [2.05, 4.69) is 15.1 Å². The monoisotopic (exact) mass is 531 g/mol. The van der Waals surface area contributed by atoms with Crippen LogP contribution >= 0.6 is 0 Å². The average Bonchev–Trinajstić information content (AvgIpc) is 3.71. The van der Waals surface area contributed by atoms with E-state index in [9.17, 15) is 9.59 Å². The number of nitrogen functional groups attached to an aromatic ring is 1. The molecule has 7 rings (SSSR count). The van der Waals surface area contributed by atoms with E-state index in [-0.39, 0.29) is 29.7 Å². The van der Waals surface area contributed by atoms with Crippen molar-refractivity contribution in [1.82, 2.24) is 29.5 Å². The number of hydrogen-bond donors (Lipinski definition) is 2. The number of aromatic nitrogens is 5. The summed E-state index contributed by atoms with van der Waals surface area (Å²) in [5.74, 6) is 0.211. The Labute approximate surface area is 231 Å². The molecule has 200 valence electrons. The zero-order valence-corrected chi connectivity index (χ0v) is 22.1. The molecule has 0 aliphatic carbocycles. The number of aromatic amines is 1. The fourth-order valence-corrected chi connectivity index (χ4v) is 6.56. The molecule has 2 aliphatic heterocycles. The lowest BCUT2D eigenvalue weighted by Crippen LogP contribution is -2.46. The van der Waals surface area contributed by atoms with Gasteiger partial charge in [0.05, 0.1) is 23.1 Å². The van der Waals surface area contributed by atoms with Crippen molar-refractivity contribution >= 4 is 23.2 Å². The Morgan fingerprint density at radius 3 is 2.38 bits per heavy atom. The summed E-state index contributed by atoms with van der Waals surface area (Å²) in [4.78, 5) is 41.0. The number of nitrogens with two attached hydrogens (primary N) is 1. The number of anilines is 1. The molecule has 1 amide bonds. The van der Waals surface area contributed by atoms with Crippen LogP contribution in [-0.2, 0) is 0 Å². The van der Waals surface area contributed by atoms with E-state index in [1.54, 1.807) is 16.9 Å². The Hall–Kier alpha value is -4.79. The topological polar surface area (TPSA) is 122 Å². The minimum Gasteiger partial charge on any atom is -0.383 e. The minimum absolute atomic E-state index is 0.0118. The summed E-state index contributed by atoms with van der Waals surface area (Å²) < 4.78 is 1.55. The third-order valence-corrected chi connectivity index (χ3v) is 8.39. The number of amides is 1. The van der Waals surface area contributed by atoms with Crippen molar-refractivity contribution in [1.29, 1.82) is 0 Å². The predicted molar refractivity (Wildman–Crippen MR) is 152 cm³/mol. The van der Waals surface area contributed by atoms with Gasteiger partial charge < -0.3 is 15.6 Å². The number of piperidine rings is 1. The van der Waals surface area contributed by atoms with Gasteiger partial charge in [-0.3, -0.25) is 14.6 Å². The molecule has 2 bridgehead atoms. The number of hydrogen-bond acceptors (Lipinski definition) is 6. The molecule has 0 spiro atoms. The van der Waals surface area contributed by atoms with E-state index in [0.717, 1.165) is 48.1 Å². The molecule has 6 heterocycles. The quantitative estimate of drug-likeness (QED) is 0.304. The van der Waals surface area contributed by atoms with Crippen molar-refractivity contribution < 1.29 is 9.59 Å². The molecule has 5 aromatic rings. The summed E-state index contributed by atoms with van der Waals surface area (Å²) in [6.07, 6.45) is 8.69. The average molecular weight is 532 g/mol. The van der Waals surface area contributed by atoms with Crippen molar-refractivity contribution in [3.63, 3.8) is 0 Å². The number of pyridine rings is 1. The van der Waals surface area contributed by atoms with Gasteiger partial charge in [-0.15, -0.1) is 0 Å². The summed E-state index contributed by atoms with van der Waals surface area (Å²) in [7, 11) is 0. The maximum absolute atomic E-state index is 13.2.